The highest BCUT2D eigenvalue weighted by atomic mass is 16.5. The van der Waals surface area contributed by atoms with Crippen molar-refractivity contribution < 1.29 is 14.4 Å². The lowest BCUT2D eigenvalue weighted by atomic mass is 10.0. The number of aliphatic hydroxyl groups excluding tert-OH is 1. The molecule has 0 saturated carbocycles. The van der Waals surface area contributed by atoms with Gasteiger partial charge in [-0.25, -0.2) is 4.99 Å². The van der Waals surface area contributed by atoms with E-state index in [-0.39, 0.29) is 18.1 Å². The van der Waals surface area contributed by atoms with Crippen molar-refractivity contribution in [3.63, 3.8) is 0 Å². The highest BCUT2D eigenvalue weighted by molar-refractivity contribution is 5.97. The van der Waals surface area contributed by atoms with Gasteiger partial charge in [0.15, 0.2) is 0 Å². The number of aliphatic imine (C=N–C) groups is 1. The fraction of sp³-hybridized carbons (Fsp3) is 0.571. The fourth-order valence-corrected chi connectivity index (χ4v) is 2.00. The van der Waals surface area contributed by atoms with E-state index in [4.69, 9.17) is 9.26 Å². The van der Waals surface area contributed by atoms with Crippen LogP contribution in [0.4, 0.5) is 0 Å². The average molecular weight is 264 g/mol. The van der Waals surface area contributed by atoms with E-state index < -0.39 is 0 Å². The second-order valence-corrected chi connectivity index (χ2v) is 5.47. The number of ether oxygens (including phenoxy) is 1. The third-order valence-corrected chi connectivity index (χ3v) is 3.13. The van der Waals surface area contributed by atoms with Crippen molar-refractivity contribution in [2.75, 3.05) is 13.2 Å². The van der Waals surface area contributed by atoms with Gasteiger partial charge < -0.3 is 14.4 Å². The molecule has 1 aliphatic heterocycles. The lowest BCUT2D eigenvalue weighted by Gasteiger charge is -2.07. The lowest BCUT2D eigenvalue weighted by molar-refractivity contribution is 0.242. The summed E-state index contributed by atoms with van der Waals surface area (Å²) in [4.78, 5) is 4.55. The molecule has 0 aromatic carbocycles. The van der Waals surface area contributed by atoms with E-state index in [1.54, 1.807) is 6.08 Å². The molecule has 1 aromatic heterocycles. The summed E-state index contributed by atoms with van der Waals surface area (Å²) in [5.41, 5.74) is 1.35. The van der Waals surface area contributed by atoms with E-state index >= 15 is 0 Å². The number of hydrogen-bond donors (Lipinski definition) is 1. The molecule has 19 heavy (non-hydrogen) atoms. The summed E-state index contributed by atoms with van der Waals surface area (Å²) in [5, 5.41) is 13.2. The minimum atomic E-state index is -0.217. The Bertz CT molecular complexity index is 503. The first-order chi connectivity index (χ1) is 8.96. The van der Waals surface area contributed by atoms with Gasteiger partial charge >= 0.3 is 0 Å². The summed E-state index contributed by atoms with van der Waals surface area (Å²) in [5.74, 6) is 1.22. The Morgan fingerprint density at radius 2 is 2.26 bits per heavy atom. The quantitative estimate of drug-likeness (QED) is 0.824. The molecule has 0 amide bonds. The van der Waals surface area contributed by atoms with Gasteiger partial charge in [-0.1, -0.05) is 11.2 Å². The van der Waals surface area contributed by atoms with E-state index in [0.717, 1.165) is 11.3 Å². The van der Waals surface area contributed by atoms with Gasteiger partial charge in [-0.2, -0.15) is 0 Å². The van der Waals surface area contributed by atoms with Crippen LogP contribution in [0.2, 0.25) is 0 Å². The molecule has 1 aliphatic rings. The molecule has 0 saturated heterocycles. The predicted octanol–water partition coefficient (Wildman–Crippen LogP) is 1.88. The maximum Gasteiger partial charge on any atom is 0.222 e. The van der Waals surface area contributed by atoms with Gasteiger partial charge in [-0.15, -0.1) is 6.58 Å². The summed E-state index contributed by atoms with van der Waals surface area (Å²) in [6.07, 6.45) is 2.25. The molecule has 1 N–H and O–H groups in total. The first-order valence-corrected chi connectivity index (χ1v) is 6.38. The molecule has 5 nitrogen and oxygen atoms in total. The zero-order valence-corrected chi connectivity index (χ0v) is 11.6. The Morgan fingerprint density at radius 1 is 1.53 bits per heavy atom. The molecule has 2 heterocycles. The zero-order chi connectivity index (χ0) is 14.0. The van der Waals surface area contributed by atoms with Crippen molar-refractivity contribution in [1.29, 1.82) is 0 Å². The van der Waals surface area contributed by atoms with Crippen LogP contribution >= 0.6 is 0 Å². The molecule has 1 atom stereocenters. The predicted molar refractivity (Wildman–Crippen MR) is 72.3 cm³/mol. The Balaban J connectivity index is 2.31. The van der Waals surface area contributed by atoms with Gasteiger partial charge in [0.25, 0.3) is 0 Å². The highest BCUT2D eigenvalue weighted by Gasteiger charge is 2.31. The van der Waals surface area contributed by atoms with Crippen molar-refractivity contribution in [3.05, 3.63) is 29.7 Å². The Labute approximate surface area is 113 Å². The van der Waals surface area contributed by atoms with Gasteiger partial charge in [0, 0.05) is 18.9 Å². The average Bonchev–Trinajstić information content (AvgIpc) is 2.89. The Kier molecular flexibility index (Phi) is 3.75. The van der Waals surface area contributed by atoms with Gasteiger partial charge in [0.1, 0.15) is 17.9 Å². The maximum absolute atomic E-state index is 9.24. The summed E-state index contributed by atoms with van der Waals surface area (Å²) < 4.78 is 11.0. The van der Waals surface area contributed by atoms with Crippen LogP contribution in [-0.4, -0.2) is 34.9 Å². The van der Waals surface area contributed by atoms with Crippen LogP contribution in [0.1, 0.15) is 30.9 Å². The van der Waals surface area contributed by atoms with Crippen LogP contribution in [0.5, 0.6) is 0 Å². The Morgan fingerprint density at radius 3 is 2.79 bits per heavy atom. The third-order valence-electron chi connectivity index (χ3n) is 3.13. The smallest absolute Gasteiger partial charge is 0.222 e. The van der Waals surface area contributed by atoms with Crippen LogP contribution in [0.25, 0.3) is 0 Å². The van der Waals surface area contributed by atoms with Crippen LogP contribution in [-0.2, 0) is 11.2 Å². The number of aryl methyl sites for hydroxylation is 1. The second kappa shape index (κ2) is 5.17. The lowest BCUT2D eigenvalue weighted by Crippen LogP contribution is -2.17. The summed E-state index contributed by atoms with van der Waals surface area (Å²) in [6, 6.07) is 0. The molecule has 5 heteroatoms. The third kappa shape index (κ3) is 2.87. The molecular weight excluding hydrogens is 244 g/mol. The first kappa shape index (κ1) is 13.8. The molecule has 1 unspecified atom stereocenters. The molecule has 2 rings (SSSR count). The summed E-state index contributed by atoms with van der Waals surface area (Å²) >= 11 is 0. The zero-order valence-electron chi connectivity index (χ0n) is 11.6. The molecule has 0 fully saturated rings. The van der Waals surface area contributed by atoms with E-state index in [1.165, 1.54) is 0 Å². The van der Waals surface area contributed by atoms with Gasteiger partial charge in [-0.3, -0.25) is 0 Å². The normalized spacial score (nSPS) is 18.8. The number of rotatable bonds is 5. The minimum Gasteiger partial charge on any atom is -0.475 e. The van der Waals surface area contributed by atoms with Crippen molar-refractivity contribution in [3.8, 4) is 0 Å². The molecule has 104 valence electrons. The molecule has 0 aliphatic carbocycles. The fourth-order valence-electron chi connectivity index (χ4n) is 2.00. The van der Waals surface area contributed by atoms with Crippen molar-refractivity contribution in [2.45, 2.75) is 32.7 Å². The standard InChI is InChI=1S/C14H20N2O3/c1-5-10(7-17)6-11-12(9(2)16-19-11)13-15-14(3,4)8-18-13/h5,10,17H,1,6-8H2,2-4H3. The number of aliphatic hydroxyl groups is 1. The second-order valence-electron chi connectivity index (χ2n) is 5.47. The van der Waals surface area contributed by atoms with Gasteiger partial charge in [0.2, 0.25) is 5.90 Å². The van der Waals surface area contributed by atoms with Crippen molar-refractivity contribution in [1.82, 2.24) is 5.16 Å². The minimum absolute atomic E-state index is 0.0293. The van der Waals surface area contributed by atoms with E-state index in [1.807, 2.05) is 20.8 Å². The monoisotopic (exact) mass is 264 g/mol. The largest absolute Gasteiger partial charge is 0.475 e. The molecule has 1 aromatic rings. The van der Waals surface area contributed by atoms with Crippen LogP contribution in [0.15, 0.2) is 22.2 Å². The number of aromatic nitrogens is 1. The van der Waals surface area contributed by atoms with E-state index in [0.29, 0.717) is 24.7 Å². The van der Waals surface area contributed by atoms with E-state index in [9.17, 15) is 5.11 Å². The van der Waals surface area contributed by atoms with E-state index in [2.05, 4.69) is 16.7 Å². The van der Waals surface area contributed by atoms with Crippen molar-refractivity contribution >= 4 is 5.90 Å². The molecule has 0 spiro atoms. The van der Waals surface area contributed by atoms with Gasteiger partial charge in [-0.05, 0) is 20.8 Å². The molecular formula is C14H20N2O3. The molecule has 0 bridgehead atoms. The van der Waals surface area contributed by atoms with Gasteiger partial charge in [0.05, 0.1) is 11.2 Å². The number of nitrogens with zero attached hydrogens (tertiary/aromatic N) is 2. The molecule has 0 radical (unpaired) electrons. The van der Waals surface area contributed by atoms with Crippen LogP contribution in [0, 0.1) is 12.8 Å². The Hall–Kier alpha value is -1.62. The van der Waals surface area contributed by atoms with Crippen LogP contribution < -0.4 is 0 Å². The SMILES string of the molecule is C=CC(CO)Cc1onc(C)c1C1=NC(C)(C)CO1. The maximum atomic E-state index is 9.24. The topological polar surface area (TPSA) is 67.9 Å². The van der Waals surface area contributed by atoms with Crippen molar-refractivity contribution in [2.24, 2.45) is 10.9 Å². The summed E-state index contributed by atoms with van der Waals surface area (Å²) in [7, 11) is 0. The highest BCUT2D eigenvalue weighted by Crippen LogP contribution is 2.26. The summed E-state index contributed by atoms with van der Waals surface area (Å²) in [6.45, 7) is 10.2. The first-order valence-electron chi connectivity index (χ1n) is 6.38. The van der Waals surface area contributed by atoms with Crippen LogP contribution in [0.3, 0.4) is 0 Å². The number of hydrogen-bond acceptors (Lipinski definition) is 5.